The first-order valence-electron chi connectivity index (χ1n) is 8.58. The number of hydrogen-bond donors (Lipinski definition) is 1. The molecular formula is C20H17BrClN3O3S. The van der Waals surface area contributed by atoms with Gasteiger partial charge in [-0.2, -0.15) is 0 Å². The Bertz CT molecular complexity index is 1070. The smallest absolute Gasteiger partial charge is 0.342 e. The maximum absolute atomic E-state index is 11.9. The van der Waals surface area contributed by atoms with Gasteiger partial charge < -0.3 is 14.4 Å². The Hall–Kier alpha value is -2.29. The summed E-state index contributed by atoms with van der Waals surface area (Å²) < 4.78 is 8.02. The molecule has 1 aromatic heterocycles. The Kier molecular flexibility index (Phi) is 7.00. The van der Waals surface area contributed by atoms with Gasteiger partial charge in [-0.05, 0) is 67.2 Å². The fraction of sp³-hybridized carbons (Fsp3) is 0.150. The van der Waals surface area contributed by atoms with Gasteiger partial charge in [0.25, 0.3) is 0 Å². The summed E-state index contributed by atoms with van der Waals surface area (Å²) in [6, 6.07) is 12.7. The van der Waals surface area contributed by atoms with Crippen molar-refractivity contribution in [1.29, 1.82) is 0 Å². The highest BCUT2D eigenvalue weighted by atomic mass is 79.9. The molecule has 1 N–H and O–H groups in total. The minimum Gasteiger partial charge on any atom is -0.496 e. The van der Waals surface area contributed by atoms with Gasteiger partial charge in [0.15, 0.2) is 11.0 Å². The third-order valence-electron chi connectivity index (χ3n) is 4.03. The SMILES string of the molecule is CCn1c(S/C(=C\c2cc(Br)ccc2OC)C(=O)O)nnc1-c1ccc(Cl)cc1. The average molecular weight is 495 g/mol. The van der Waals surface area contributed by atoms with Gasteiger partial charge in [0, 0.05) is 27.2 Å². The van der Waals surface area contributed by atoms with Crippen molar-refractivity contribution < 1.29 is 14.6 Å². The van der Waals surface area contributed by atoms with Crippen LogP contribution < -0.4 is 4.74 Å². The van der Waals surface area contributed by atoms with Gasteiger partial charge in [0.1, 0.15) is 10.7 Å². The monoisotopic (exact) mass is 493 g/mol. The molecule has 0 radical (unpaired) electrons. The second kappa shape index (κ2) is 9.47. The molecule has 9 heteroatoms. The van der Waals surface area contributed by atoms with E-state index in [1.165, 1.54) is 0 Å². The first kappa shape index (κ1) is 21.4. The molecule has 0 aliphatic rings. The number of carboxylic acids is 1. The zero-order valence-corrected chi connectivity index (χ0v) is 18.8. The summed E-state index contributed by atoms with van der Waals surface area (Å²) in [6.45, 7) is 2.54. The van der Waals surface area contributed by atoms with Crippen molar-refractivity contribution in [3.05, 3.63) is 62.4 Å². The van der Waals surface area contributed by atoms with E-state index in [0.29, 0.717) is 33.9 Å². The number of hydrogen-bond acceptors (Lipinski definition) is 5. The summed E-state index contributed by atoms with van der Waals surface area (Å²) in [6.07, 6.45) is 1.56. The van der Waals surface area contributed by atoms with Gasteiger partial charge in [0.05, 0.1) is 7.11 Å². The summed E-state index contributed by atoms with van der Waals surface area (Å²) in [5.41, 5.74) is 1.50. The highest BCUT2D eigenvalue weighted by Crippen LogP contribution is 2.33. The Morgan fingerprint density at radius 3 is 2.62 bits per heavy atom. The van der Waals surface area contributed by atoms with E-state index in [2.05, 4.69) is 26.1 Å². The van der Waals surface area contributed by atoms with E-state index in [4.69, 9.17) is 16.3 Å². The summed E-state index contributed by atoms with van der Waals surface area (Å²) in [7, 11) is 1.54. The number of nitrogens with zero attached hydrogens (tertiary/aromatic N) is 3. The molecule has 1 heterocycles. The van der Waals surface area contributed by atoms with Crippen LogP contribution in [0.15, 0.2) is 57.0 Å². The Balaban J connectivity index is 1.99. The Labute approximate surface area is 185 Å². The van der Waals surface area contributed by atoms with Crippen molar-refractivity contribution in [1.82, 2.24) is 14.8 Å². The van der Waals surface area contributed by atoms with Crippen molar-refractivity contribution in [3.63, 3.8) is 0 Å². The molecule has 3 aromatic rings. The number of aliphatic carboxylic acids is 1. The van der Waals surface area contributed by atoms with Crippen molar-refractivity contribution in [2.75, 3.05) is 7.11 Å². The van der Waals surface area contributed by atoms with Crippen LogP contribution in [0.4, 0.5) is 0 Å². The van der Waals surface area contributed by atoms with E-state index in [-0.39, 0.29) is 4.91 Å². The fourth-order valence-corrected chi connectivity index (χ4v) is 4.04. The maximum atomic E-state index is 11.9. The molecule has 3 rings (SSSR count). The first-order valence-corrected chi connectivity index (χ1v) is 10.6. The third kappa shape index (κ3) is 5.01. The number of aromatic nitrogens is 3. The molecule has 150 valence electrons. The lowest BCUT2D eigenvalue weighted by Crippen LogP contribution is -2.03. The molecule has 0 saturated carbocycles. The van der Waals surface area contributed by atoms with Gasteiger partial charge in [0.2, 0.25) is 0 Å². The van der Waals surface area contributed by atoms with E-state index < -0.39 is 5.97 Å². The van der Waals surface area contributed by atoms with Crippen LogP contribution in [-0.2, 0) is 11.3 Å². The van der Waals surface area contributed by atoms with Gasteiger partial charge in [-0.25, -0.2) is 4.79 Å². The maximum Gasteiger partial charge on any atom is 0.342 e. The number of rotatable bonds is 7. The molecule has 0 amide bonds. The second-order valence-electron chi connectivity index (χ2n) is 5.86. The standard InChI is InChI=1S/C20H17BrClN3O3S/c1-3-25-18(12-4-7-15(22)8-5-12)23-24-20(25)29-17(19(26)27)11-13-10-14(21)6-9-16(13)28-2/h4-11H,3H2,1-2H3,(H,26,27)/b17-11-. The van der Waals surface area contributed by atoms with Gasteiger partial charge in [-0.1, -0.05) is 27.5 Å². The van der Waals surface area contributed by atoms with Crippen LogP contribution in [0.25, 0.3) is 17.5 Å². The van der Waals surface area contributed by atoms with Gasteiger partial charge >= 0.3 is 5.97 Å². The molecule has 0 fully saturated rings. The summed E-state index contributed by atoms with van der Waals surface area (Å²) in [5, 5.41) is 19.3. The lowest BCUT2D eigenvalue weighted by atomic mass is 10.2. The van der Waals surface area contributed by atoms with Gasteiger partial charge in [-0.15, -0.1) is 10.2 Å². The van der Waals surface area contributed by atoms with E-state index in [1.807, 2.05) is 29.7 Å². The minimum atomic E-state index is -1.06. The first-order chi connectivity index (χ1) is 13.9. The summed E-state index contributed by atoms with van der Waals surface area (Å²) >= 11 is 10.4. The van der Waals surface area contributed by atoms with Crippen molar-refractivity contribution in [3.8, 4) is 17.1 Å². The largest absolute Gasteiger partial charge is 0.496 e. The van der Waals surface area contributed by atoms with E-state index in [0.717, 1.165) is 21.8 Å². The van der Waals surface area contributed by atoms with Crippen LogP contribution in [0, 0.1) is 0 Å². The zero-order valence-electron chi connectivity index (χ0n) is 15.6. The molecular weight excluding hydrogens is 478 g/mol. The van der Waals surface area contributed by atoms with Crippen LogP contribution in [0.2, 0.25) is 5.02 Å². The second-order valence-corrected chi connectivity index (χ2v) is 8.22. The molecule has 6 nitrogen and oxygen atoms in total. The van der Waals surface area contributed by atoms with E-state index in [1.54, 1.807) is 37.5 Å². The molecule has 0 aliphatic heterocycles. The van der Waals surface area contributed by atoms with Crippen LogP contribution in [0.5, 0.6) is 5.75 Å². The summed E-state index contributed by atoms with van der Waals surface area (Å²) in [4.78, 5) is 12.0. The predicted octanol–water partition coefficient (Wildman–Crippen LogP) is 5.61. The molecule has 29 heavy (non-hydrogen) atoms. The molecule has 0 aliphatic carbocycles. The average Bonchev–Trinajstić information content (AvgIpc) is 3.10. The Morgan fingerprint density at radius 1 is 1.28 bits per heavy atom. The lowest BCUT2D eigenvalue weighted by molar-refractivity contribution is -0.131. The highest BCUT2D eigenvalue weighted by Gasteiger charge is 2.19. The number of ether oxygens (including phenoxy) is 1. The minimum absolute atomic E-state index is 0.103. The molecule has 2 aromatic carbocycles. The number of benzene rings is 2. The number of carboxylic acid groups (broad SMARTS) is 1. The highest BCUT2D eigenvalue weighted by molar-refractivity contribution is 9.10. The fourth-order valence-electron chi connectivity index (χ4n) is 2.65. The molecule has 0 unspecified atom stereocenters. The third-order valence-corrected chi connectivity index (χ3v) is 5.77. The van der Waals surface area contributed by atoms with Crippen LogP contribution in [0.3, 0.4) is 0 Å². The zero-order chi connectivity index (χ0) is 21.0. The number of halogens is 2. The topological polar surface area (TPSA) is 77.2 Å². The normalized spacial score (nSPS) is 11.5. The summed E-state index contributed by atoms with van der Waals surface area (Å²) in [5.74, 6) is 0.165. The van der Waals surface area contributed by atoms with Crippen LogP contribution in [0.1, 0.15) is 12.5 Å². The Morgan fingerprint density at radius 2 is 2.00 bits per heavy atom. The lowest BCUT2D eigenvalue weighted by Gasteiger charge is -2.09. The number of thioether (sulfide) groups is 1. The van der Waals surface area contributed by atoms with Crippen LogP contribution in [-0.4, -0.2) is 33.0 Å². The van der Waals surface area contributed by atoms with Crippen LogP contribution >= 0.6 is 39.3 Å². The van der Waals surface area contributed by atoms with Crippen molar-refractivity contribution in [2.24, 2.45) is 0 Å². The van der Waals surface area contributed by atoms with E-state index >= 15 is 0 Å². The number of methoxy groups -OCH3 is 1. The van der Waals surface area contributed by atoms with E-state index in [9.17, 15) is 9.90 Å². The van der Waals surface area contributed by atoms with Crippen molar-refractivity contribution in [2.45, 2.75) is 18.6 Å². The molecule has 0 atom stereocenters. The van der Waals surface area contributed by atoms with Gasteiger partial charge in [-0.3, -0.25) is 0 Å². The molecule has 0 saturated heterocycles. The predicted molar refractivity (Wildman–Crippen MR) is 118 cm³/mol. The van der Waals surface area contributed by atoms with Crippen molar-refractivity contribution >= 4 is 51.3 Å². The molecule has 0 spiro atoms. The quantitative estimate of drug-likeness (QED) is 0.340. The number of carbonyl (C=O) groups is 1. The molecule has 0 bridgehead atoms.